The second kappa shape index (κ2) is 3.37. The van der Waals surface area contributed by atoms with Crippen molar-refractivity contribution in [2.45, 2.75) is 0 Å². The minimum atomic E-state index is 0.399. The molecule has 0 saturated carbocycles. The summed E-state index contributed by atoms with van der Waals surface area (Å²) in [6, 6.07) is 3.67. The molecule has 2 aromatic rings. The first-order chi connectivity index (χ1) is 6.79. The topological polar surface area (TPSA) is 76.8 Å². The van der Waals surface area contributed by atoms with Crippen LogP contribution in [0.5, 0.6) is 5.88 Å². The molecule has 0 amide bonds. The van der Waals surface area contributed by atoms with Crippen molar-refractivity contribution in [1.29, 1.82) is 0 Å². The molecule has 0 unspecified atom stereocenters. The number of H-pyrrole nitrogens is 1. The highest BCUT2D eigenvalue weighted by atomic mass is 16.5. The number of nitrogens with zero attached hydrogens (tertiary/aromatic N) is 2. The number of aromatic amines is 1. The number of methoxy groups -OCH3 is 1. The van der Waals surface area contributed by atoms with Crippen LogP contribution in [0.15, 0.2) is 24.5 Å². The summed E-state index contributed by atoms with van der Waals surface area (Å²) in [5.74, 6) is 0.964. The lowest BCUT2D eigenvalue weighted by molar-refractivity contribution is 0.398. The minimum absolute atomic E-state index is 0.399. The van der Waals surface area contributed by atoms with Crippen LogP contribution >= 0.6 is 0 Å². The van der Waals surface area contributed by atoms with Crippen LogP contribution in [0.1, 0.15) is 0 Å². The van der Waals surface area contributed by atoms with Gasteiger partial charge in [-0.1, -0.05) is 0 Å². The van der Waals surface area contributed by atoms with Gasteiger partial charge in [0.05, 0.1) is 19.0 Å². The first-order valence-electron chi connectivity index (χ1n) is 4.10. The predicted molar refractivity (Wildman–Crippen MR) is 52.8 cm³/mol. The Hall–Kier alpha value is -2.04. The lowest BCUT2D eigenvalue weighted by atomic mass is 10.2. The summed E-state index contributed by atoms with van der Waals surface area (Å²) in [7, 11) is 1.58. The van der Waals surface area contributed by atoms with Crippen LogP contribution in [0.2, 0.25) is 0 Å². The fourth-order valence-corrected chi connectivity index (χ4v) is 1.17. The molecule has 0 spiro atoms. The van der Waals surface area contributed by atoms with Gasteiger partial charge >= 0.3 is 0 Å². The second-order valence-corrected chi connectivity index (χ2v) is 2.77. The molecule has 2 rings (SSSR count). The van der Waals surface area contributed by atoms with Gasteiger partial charge in [0.15, 0.2) is 5.95 Å². The number of rotatable bonds is 2. The number of nitrogen functional groups attached to an aromatic ring is 1. The molecule has 0 aliphatic carbocycles. The molecule has 0 aliphatic rings. The first kappa shape index (κ1) is 8.55. The van der Waals surface area contributed by atoms with Crippen molar-refractivity contribution >= 4 is 5.95 Å². The molecule has 0 aromatic carbocycles. The van der Waals surface area contributed by atoms with Gasteiger partial charge < -0.3 is 15.5 Å². The quantitative estimate of drug-likeness (QED) is 0.742. The fourth-order valence-electron chi connectivity index (χ4n) is 1.17. The molecule has 0 atom stereocenters. The van der Waals surface area contributed by atoms with E-state index in [1.165, 1.54) is 0 Å². The Morgan fingerprint density at radius 3 is 2.93 bits per heavy atom. The van der Waals surface area contributed by atoms with Crippen LogP contribution < -0.4 is 10.5 Å². The summed E-state index contributed by atoms with van der Waals surface area (Å²) in [5, 5.41) is 0. The summed E-state index contributed by atoms with van der Waals surface area (Å²) >= 11 is 0. The van der Waals surface area contributed by atoms with Crippen molar-refractivity contribution in [3.63, 3.8) is 0 Å². The second-order valence-electron chi connectivity index (χ2n) is 2.77. The highest BCUT2D eigenvalue weighted by Crippen LogP contribution is 2.20. The van der Waals surface area contributed by atoms with E-state index in [0.29, 0.717) is 11.8 Å². The Morgan fingerprint density at radius 2 is 2.29 bits per heavy atom. The molecule has 5 nitrogen and oxygen atoms in total. The van der Waals surface area contributed by atoms with E-state index in [0.717, 1.165) is 11.3 Å². The summed E-state index contributed by atoms with van der Waals surface area (Å²) in [6.07, 6.45) is 3.34. The normalized spacial score (nSPS) is 10.1. The van der Waals surface area contributed by atoms with E-state index in [2.05, 4.69) is 15.0 Å². The van der Waals surface area contributed by atoms with E-state index in [-0.39, 0.29) is 0 Å². The average molecular weight is 190 g/mol. The molecule has 0 fully saturated rings. The van der Waals surface area contributed by atoms with Gasteiger partial charge in [-0.3, -0.25) is 0 Å². The lowest BCUT2D eigenvalue weighted by Crippen LogP contribution is -1.88. The molecular weight excluding hydrogens is 180 g/mol. The summed E-state index contributed by atoms with van der Waals surface area (Å²) in [6.45, 7) is 0. The molecule has 5 heteroatoms. The van der Waals surface area contributed by atoms with Gasteiger partial charge in [-0.25, -0.2) is 9.97 Å². The maximum Gasteiger partial charge on any atom is 0.213 e. The van der Waals surface area contributed by atoms with Gasteiger partial charge in [-0.2, -0.15) is 0 Å². The van der Waals surface area contributed by atoms with Crippen LogP contribution in [-0.2, 0) is 0 Å². The molecular formula is C9H10N4O. The first-order valence-corrected chi connectivity index (χ1v) is 4.10. The lowest BCUT2D eigenvalue weighted by Gasteiger charge is -2.00. The zero-order chi connectivity index (χ0) is 9.97. The highest BCUT2D eigenvalue weighted by Gasteiger charge is 2.02. The van der Waals surface area contributed by atoms with Gasteiger partial charge in [-0.05, 0) is 6.07 Å². The Balaban J connectivity index is 2.41. The third kappa shape index (κ3) is 1.52. The van der Waals surface area contributed by atoms with Gasteiger partial charge in [0.2, 0.25) is 5.88 Å². The van der Waals surface area contributed by atoms with Crippen LogP contribution in [0.25, 0.3) is 11.3 Å². The van der Waals surface area contributed by atoms with Crippen LogP contribution in [0, 0.1) is 0 Å². The van der Waals surface area contributed by atoms with Crippen molar-refractivity contribution in [3.05, 3.63) is 24.5 Å². The number of hydrogen-bond acceptors (Lipinski definition) is 4. The van der Waals surface area contributed by atoms with Crippen LogP contribution in [0.4, 0.5) is 5.95 Å². The third-order valence-corrected chi connectivity index (χ3v) is 1.85. The molecule has 0 radical (unpaired) electrons. The molecule has 2 heterocycles. The van der Waals surface area contributed by atoms with E-state index in [4.69, 9.17) is 10.5 Å². The van der Waals surface area contributed by atoms with E-state index < -0.39 is 0 Å². The van der Waals surface area contributed by atoms with Crippen molar-refractivity contribution < 1.29 is 4.74 Å². The Kier molecular flexibility index (Phi) is 2.06. The average Bonchev–Trinajstić information content (AvgIpc) is 2.65. The van der Waals surface area contributed by atoms with Crippen molar-refractivity contribution in [2.24, 2.45) is 0 Å². The van der Waals surface area contributed by atoms with Crippen LogP contribution in [0.3, 0.4) is 0 Å². The number of imidazole rings is 1. The molecule has 3 N–H and O–H groups in total. The smallest absolute Gasteiger partial charge is 0.213 e. The fraction of sp³-hybridized carbons (Fsp3) is 0.111. The summed E-state index contributed by atoms with van der Waals surface area (Å²) < 4.78 is 5.01. The Morgan fingerprint density at radius 1 is 1.43 bits per heavy atom. The summed E-state index contributed by atoms with van der Waals surface area (Å²) in [5.41, 5.74) is 7.27. The zero-order valence-corrected chi connectivity index (χ0v) is 7.69. The largest absolute Gasteiger partial charge is 0.481 e. The van der Waals surface area contributed by atoms with E-state index in [1.54, 1.807) is 19.5 Å². The minimum Gasteiger partial charge on any atom is -0.481 e. The number of nitrogens with two attached hydrogens (primary N) is 1. The number of hydrogen-bond donors (Lipinski definition) is 2. The number of anilines is 1. The maximum atomic E-state index is 5.47. The van der Waals surface area contributed by atoms with Crippen molar-refractivity contribution in [2.75, 3.05) is 12.8 Å². The summed E-state index contributed by atoms with van der Waals surface area (Å²) in [4.78, 5) is 10.8. The van der Waals surface area contributed by atoms with Crippen molar-refractivity contribution in [1.82, 2.24) is 15.0 Å². The third-order valence-electron chi connectivity index (χ3n) is 1.85. The Bertz CT molecular complexity index is 438. The molecule has 0 saturated heterocycles. The van der Waals surface area contributed by atoms with Gasteiger partial charge in [0.25, 0.3) is 0 Å². The van der Waals surface area contributed by atoms with E-state index in [1.807, 2.05) is 12.1 Å². The number of ether oxygens (including phenoxy) is 1. The van der Waals surface area contributed by atoms with Gasteiger partial charge in [-0.15, -0.1) is 0 Å². The standard InChI is InChI=1S/C9H10N4O/c1-14-8-4-6(2-3-11-8)7-5-12-9(10)13-7/h2-5H,1H3,(H3,10,12,13). The molecule has 2 aromatic heterocycles. The van der Waals surface area contributed by atoms with Gasteiger partial charge in [0.1, 0.15) is 0 Å². The zero-order valence-electron chi connectivity index (χ0n) is 7.69. The molecule has 14 heavy (non-hydrogen) atoms. The van der Waals surface area contributed by atoms with Crippen molar-refractivity contribution in [3.8, 4) is 17.1 Å². The number of nitrogens with one attached hydrogen (secondary N) is 1. The molecule has 0 bridgehead atoms. The monoisotopic (exact) mass is 190 g/mol. The maximum absolute atomic E-state index is 5.47. The molecule has 72 valence electrons. The van der Waals surface area contributed by atoms with Crippen LogP contribution in [-0.4, -0.2) is 22.1 Å². The van der Waals surface area contributed by atoms with E-state index in [9.17, 15) is 0 Å². The van der Waals surface area contributed by atoms with Gasteiger partial charge in [0, 0.05) is 17.8 Å². The molecule has 0 aliphatic heterocycles. The predicted octanol–water partition coefficient (Wildman–Crippen LogP) is 1.06. The number of pyridine rings is 1. The van der Waals surface area contributed by atoms with E-state index >= 15 is 0 Å². The number of aromatic nitrogens is 3. The highest BCUT2D eigenvalue weighted by molar-refractivity contribution is 5.60. The SMILES string of the molecule is COc1cc(-c2cnc(N)[nH]2)ccn1. The Labute approximate surface area is 81.0 Å².